The summed E-state index contributed by atoms with van der Waals surface area (Å²) in [4.78, 5) is 3.86. The van der Waals surface area contributed by atoms with Gasteiger partial charge in [0.25, 0.3) is 6.43 Å². The summed E-state index contributed by atoms with van der Waals surface area (Å²) in [5.74, 6) is 0. The normalized spacial score (nSPS) is 10.9. The molecule has 0 aliphatic heterocycles. The maximum Gasteiger partial charge on any atom is 0.267 e. The predicted octanol–water partition coefficient (Wildman–Crippen LogP) is 3.00. The lowest BCUT2D eigenvalue weighted by Crippen LogP contribution is -2.02. The van der Waals surface area contributed by atoms with Gasteiger partial charge in [-0.1, -0.05) is 15.9 Å². The van der Waals surface area contributed by atoms with Crippen LogP contribution in [-0.2, 0) is 6.54 Å². The number of alkyl halides is 2. The van der Waals surface area contributed by atoms with Crippen LogP contribution in [0.25, 0.3) is 0 Å². The van der Waals surface area contributed by atoms with Crippen molar-refractivity contribution in [3.05, 3.63) is 26.4 Å². The van der Waals surface area contributed by atoms with Crippen molar-refractivity contribution in [2.75, 3.05) is 0 Å². The minimum Gasteiger partial charge on any atom is -0.325 e. The quantitative estimate of drug-likeness (QED) is 0.852. The highest BCUT2D eigenvalue weighted by atomic mass is 79.9. The lowest BCUT2D eigenvalue weighted by molar-refractivity contribution is 0.149. The molecule has 1 aromatic rings. The van der Waals surface area contributed by atoms with Crippen molar-refractivity contribution < 1.29 is 8.78 Å². The molecule has 1 heterocycles. The van der Waals surface area contributed by atoms with Gasteiger partial charge in [-0.05, 0) is 22.0 Å². The van der Waals surface area contributed by atoms with Crippen LogP contribution < -0.4 is 5.73 Å². The fourth-order valence-corrected chi connectivity index (χ4v) is 2.35. The Kier molecular flexibility index (Phi) is 3.75. The van der Waals surface area contributed by atoms with E-state index in [2.05, 4.69) is 36.8 Å². The third kappa shape index (κ3) is 2.45. The fraction of sp³-hybridized carbons (Fsp3) is 0.286. The van der Waals surface area contributed by atoms with Crippen molar-refractivity contribution in [3.8, 4) is 0 Å². The molecule has 0 fully saturated rings. The SMILES string of the molecule is NCc1cc(Br)c(C(F)F)c(Br)n1. The van der Waals surface area contributed by atoms with Crippen LogP contribution in [0.2, 0.25) is 0 Å². The zero-order chi connectivity index (χ0) is 10.0. The first kappa shape index (κ1) is 11.0. The molecule has 1 aromatic heterocycles. The largest absolute Gasteiger partial charge is 0.325 e. The third-order valence-electron chi connectivity index (χ3n) is 1.44. The van der Waals surface area contributed by atoms with Crippen molar-refractivity contribution in [3.63, 3.8) is 0 Å². The summed E-state index contributed by atoms with van der Waals surface area (Å²) < 4.78 is 25.2. The van der Waals surface area contributed by atoms with E-state index in [9.17, 15) is 8.78 Å². The van der Waals surface area contributed by atoms with Gasteiger partial charge in [0.2, 0.25) is 0 Å². The number of hydrogen-bond acceptors (Lipinski definition) is 2. The van der Waals surface area contributed by atoms with Gasteiger partial charge in [-0.25, -0.2) is 13.8 Å². The molecule has 0 radical (unpaired) electrons. The molecule has 0 spiro atoms. The average molecular weight is 316 g/mol. The molecule has 0 saturated heterocycles. The second-order valence-corrected chi connectivity index (χ2v) is 3.91. The third-order valence-corrected chi connectivity index (χ3v) is 2.70. The summed E-state index contributed by atoms with van der Waals surface area (Å²) in [6, 6.07) is 1.49. The molecule has 0 unspecified atom stereocenters. The van der Waals surface area contributed by atoms with Crippen LogP contribution in [0.3, 0.4) is 0 Å². The summed E-state index contributed by atoms with van der Waals surface area (Å²) in [6.45, 7) is 0.223. The summed E-state index contributed by atoms with van der Waals surface area (Å²) >= 11 is 6.00. The maximum absolute atomic E-state index is 12.4. The Morgan fingerprint density at radius 3 is 2.46 bits per heavy atom. The van der Waals surface area contributed by atoms with E-state index in [1.807, 2.05) is 0 Å². The maximum atomic E-state index is 12.4. The van der Waals surface area contributed by atoms with Crippen molar-refractivity contribution in [2.45, 2.75) is 13.0 Å². The summed E-state index contributed by atoms with van der Waals surface area (Å²) in [7, 11) is 0. The lowest BCUT2D eigenvalue weighted by Gasteiger charge is -2.07. The van der Waals surface area contributed by atoms with Crippen molar-refractivity contribution in [2.24, 2.45) is 5.73 Å². The number of nitrogens with zero attached hydrogens (tertiary/aromatic N) is 1. The predicted molar refractivity (Wildman–Crippen MR) is 52.5 cm³/mol. The second-order valence-electron chi connectivity index (χ2n) is 2.30. The van der Waals surface area contributed by atoms with Gasteiger partial charge in [-0.15, -0.1) is 0 Å². The molecule has 1 rings (SSSR count). The van der Waals surface area contributed by atoms with Crippen LogP contribution in [0.5, 0.6) is 0 Å². The van der Waals surface area contributed by atoms with Crippen molar-refractivity contribution >= 4 is 31.9 Å². The molecular formula is C7H6Br2F2N2. The molecule has 0 bridgehead atoms. The Bertz CT molecular complexity index is 294. The van der Waals surface area contributed by atoms with Gasteiger partial charge in [0, 0.05) is 11.0 Å². The monoisotopic (exact) mass is 314 g/mol. The molecule has 72 valence electrons. The van der Waals surface area contributed by atoms with E-state index in [0.29, 0.717) is 10.2 Å². The molecule has 13 heavy (non-hydrogen) atoms. The highest BCUT2D eigenvalue weighted by Crippen LogP contribution is 2.32. The highest BCUT2D eigenvalue weighted by Gasteiger charge is 2.17. The molecule has 0 saturated carbocycles. The Balaban J connectivity index is 3.23. The first-order valence-corrected chi connectivity index (χ1v) is 4.98. The highest BCUT2D eigenvalue weighted by molar-refractivity contribution is 9.11. The zero-order valence-electron chi connectivity index (χ0n) is 6.40. The minimum absolute atomic E-state index is 0.136. The number of pyridine rings is 1. The molecule has 0 aromatic carbocycles. The van der Waals surface area contributed by atoms with Gasteiger partial charge in [-0.2, -0.15) is 0 Å². The Morgan fingerprint density at radius 2 is 2.08 bits per heavy atom. The number of nitrogens with two attached hydrogens (primary N) is 1. The van der Waals surface area contributed by atoms with Crippen LogP contribution in [-0.4, -0.2) is 4.98 Å². The van der Waals surface area contributed by atoms with Gasteiger partial charge >= 0.3 is 0 Å². The summed E-state index contributed by atoms with van der Waals surface area (Å²) in [6.07, 6.45) is -2.55. The van der Waals surface area contributed by atoms with Crippen LogP contribution in [0.15, 0.2) is 15.1 Å². The molecule has 0 atom stereocenters. The van der Waals surface area contributed by atoms with Crippen molar-refractivity contribution in [1.82, 2.24) is 4.98 Å². The first-order valence-electron chi connectivity index (χ1n) is 3.39. The van der Waals surface area contributed by atoms with E-state index in [4.69, 9.17) is 5.73 Å². The van der Waals surface area contributed by atoms with Gasteiger partial charge in [-0.3, -0.25) is 0 Å². The lowest BCUT2D eigenvalue weighted by atomic mass is 10.2. The van der Waals surface area contributed by atoms with Crippen LogP contribution >= 0.6 is 31.9 Å². The van der Waals surface area contributed by atoms with Crippen LogP contribution in [0.4, 0.5) is 8.78 Å². The molecule has 2 N–H and O–H groups in total. The first-order chi connectivity index (χ1) is 6.06. The van der Waals surface area contributed by atoms with Crippen LogP contribution in [0, 0.1) is 0 Å². The minimum atomic E-state index is -2.55. The Morgan fingerprint density at radius 1 is 1.46 bits per heavy atom. The smallest absolute Gasteiger partial charge is 0.267 e. The van der Waals surface area contributed by atoms with E-state index < -0.39 is 6.43 Å². The molecule has 6 heteroatoms. The fourth-order valence-electron chi connectivity index (χ4n) is 0.840. The van der Waals surface area contributed by atoms with Gasteiger partial charge in [0.15, 0.2) is 0 Å². The summed E-state index contributed by atoms with van der Waals surface area (Å²) in [5.41, 5.74) is 5.74. The summed E-state index contributed by atoms with van der Waals surface area (Å²) in [5, 5.41) is 0. The number of rotatable bonds is 2. The van der Waals surface area contributed by atoms with Gasteiger partial charge in [0.1, 0.15) is 4.60 Å². The Labute approximate surface area is 90.8 Å². The topological polar surface area (TPSA) is 38.9 Å². The zero-order valence-corrected chi connectivity index (χ0v) is 9.57. The number of hydrogen-bond donors (Lipinski definition) is 1. The molecular weight excluding hydrogens is 310 g/mol. The average Bonchev–Trinajstić information content (AvgIpc) is 2.02. The van der Waals surface area contributed by atoms with E-state index in [0.717, 1.165) is 0 Å². The molecule has 0 amide bonds. The molecule has 2 nitrogen and oxygen atoms in total. The second kappa shape index (κ2) is 4.43. The van der Waals surface area contributed by atoms with Crippen LogP contribution in [0.1, 0.15) is 17.7 Å². The van der Waals surface area contributed by atoms with Gasteiger partial charge in [0.05, 0.1) is 11.3 Å². The standard InChI is InChI=1S/C7H6Br2F2N2/c8-4-1-3(2-12)13-6(9)5(4)7(10)11/h1,7H,2,12H2. The Hall–Kier alpha value is -0.0700. The van der Waals surface area contributed by atoms with Gasteiger partial charge < -0.3 is 5.73 Å². The molecule has 0 aliphatic carbocycles. The molecule has 0 aliphatic rings. The number of aromatic nitrogens is 1. The van der Waals surface area contributed by atoms with E-state index in [1.54, 1.807) is 0 Å². The van der Waals surface area contributed by atoms with E-state index in [-0.39, 0.29) is 16.7 Å². The van der Waals surface area contributed by atoms with Crippen molar-refractivity contribution in [1.29, 1.82) is 0 Å². The number of halogens is 4. The van der Waals surface area contributed by atoms with E-state index >= 15 is 0 Å². The van der Waals surface area contributed by atoms with E-state index in [1.165, 1.54) is 6.07 Å².